The summed E-state index contributed by atoms with van der Waals surface area (Å²) in [5, 5.41) is 0. The van der Waals surface area contributed by atoms with Gasteiger partial charge in [-0.25, -0.2) is 4.98 Å². The third-order valence-corrected chi connectivity index (χ3v) is 4.12. The third-order valence-electron chi connectivity index (χ3n) is 3.54. The van der Waals surface area contributed by atoms with Crippen LogP contribution in [0.3, 0.4) is 0 Å². The van der Waals surface area contributed by atoms with Crippen molar-refractivity contribution in [2.45, 2.75) is 6.54 Å². The van der Waals surface area contributed by atoms with Gasteiger partial charge >= 0.3 is 0 Å². The first kappa shape index (κ1) is 12.1. The van der Waals surface area contributed by atoms with Gasteiger partial charge in [0.15, 0.2) is 0 Å². The van der Waals surface area contributed by atoms with Crippen molar-refractivity contribution in [3.05, 3.63) is 34.8 Å². The van der Waals surface area contributed by atoms with Crippen LogP contribution in [0.2, 0.25) is 0 Å². The number of aromatic nitrogens is 2. The van der Waals surface area contributed by atoms with Crippen molar-refractivity contribution < 1.29 is 0 Å². The molecule has 1 fully saturated rings. The second kappa shape index (κ2) is 4.99. The lowest BCUT2D eigenvalue weighted by Crippen LogP contribution is -2.44. The van der Waals surface area contributed by atoms with E-state index in [9.17, 15) is 0 Å². The molecule has 0 aromatic carbocycles. The highest BCUT2D eigenvalue weighted by Gasteiger charge is 2.17. The lowest BCUT2D eigenvalue weighted by Gasteiger charge is -2.31. The predicted octanol–water partition coefficient (Wildman–Crippen LogP) is 1.84. The van der Waals surface area contributed by atoms with Crippen LogP contribution in [0.5, 0.6) is 0 Å². The highest BCUT2D eigenvalue weighted by atomic mass is 79.9. The van der Waals surface area contributed by atoms with Gasteiger partial charge in [0.2, 0.25) is 0 Å². The molecule has 0 unspecified atom stereocenters. The second-order valence-corrected chi connectivity index (χ2v) is 5.61. The molecule has 0 aliphatic carbocycles. The molecule has 0 atom stereocenters. The number of pyridine rings is 1. The van der Waals surface area contributed by atoms with E-state index in [-0.39, 0.29) is 0 Å². The van der Waals surface area contributed by atoms with Gasteiger partial charge in [0.1, 0.15) is 10.4 Å². The molecule has 0 amide bonds. The number of halogens is 1. The molecule has 4 nitrogen and oxygen atoms in total. The Kier molecular flexibility index (Phi) is 3.37. The number of fused-ring (bicyclic) bond motifs is 1. The van der Waals surface area contributed by atoms with Gasteiger partial charge in [-0.15, -0.1) is 0 Å². The summed E-state index contributed by atoms with van der Waals surface area (Å²) in [5.74, 6) is 1.11. The van der Waals surface area contributed by atoms with Gasteiger partial charge in [0.25, 0.3) is 0 Å². The largest absolute Gasteiger partial charge is 0.304 e. The average molecular weight is 309 g/mol. The number of hydrogen-bond acceptors (Lipinski definition) is 3. The molecule has 0 saturated carbocycles. The third kappa shape index (κ3) is 2.30. The van der Waals surface area contributed by atoms with Gasteiger partial charge < -0.3 is 9.30 Å². The van der Waals surface area contributed by atoms with Gasteiger partial charge in [-0.1, -0.05) is 6.07 Å². The Labute approximate surface area is 115 Å². The second-order valence-electron chi connectivity index (χ2n) is 4.85. The molecular weight excluding hydrogens is 292 g/mol. The SMILES string of the molecule is CN1CCN(Cc2nc(Br)c3ccccn23)CC1. The highest BCUT2D eigenvalue weighted by Crippen LogP contribution is 2.19. The van der Waals surface area contributed by atoms with Crippen molar-refractivity contribution in [1.29, 1.82) is 0 Å². The Morgan fingerprint density at radius 2 is 2.00 bits per heavy atom. The quantitative estimate of drug-likeness (QED) is 0.846. The number of piperazine rings is 1. The molecule has 0 spiro atoms. The highest BCUT2D eigenvalue weighted by molar-refractivity contribution is 9.10. The topological polar surface area (TPSA) is 23.8 Å². The van der Waals surface area contributed by atoms with Crippen LogP contribution in [-0.4, -0.2) is 52.4 Å². The number of hydrogen-bond donors (Lipinski definition) is 0. The molecule has 1 saturated heterocycles. The molecule has 0 N–H and O–H groups in total. The maximum atomic E-state index is 4.63. The number of imidazole rings is 1. The summed E-state index contributed by atoms with van der Waals surface area (Å²) in [5.41, 5.74) is 1.14. The van der Waals surface area contributed by atoms with Crippen molar-refractivity contribution in [2.75, 3.05) is 33.2 Å². The molecule has 3 heterocycles. The predicted molar refractivity (Wildman–Crippen MR) is 75.7 cm³/mol. The van der Waals surface area contributed by atoms with E-state index in [1.165, 1.54) is 0 Å². The van der Waals surface area contributed by atoms with Gasteiger partial charge in [-0.3, -0.25) is 4.90 Å². The summed E-state index contributed by atoms with van der Waals surface area (Å²) in [7, 11) is 2.18. The fourth-order valence-corrected chi connectivity index (χ4v) is 2.91. The summed E-state index contributed by atoms with van der Waals surface area (Å²) in [6.45, 7) is 5.45. The first-order valence-corrected chi connectivity index (χ1v) is 7.06. The van der Waals surface area contributed by atoms with Crippen LogP contribution in [0.15, 0.2) is 29.0 Å². The summed E-state index contributed by atoms with van der Waals surface area (Å²) in [6.07, 6.45) is 2.08. The zero-order chi connectivity index (χ0) is 12.5. The van der Waals surface area contributed by atoms with Gasteiger partial charge in [-0.05, 0) is 35.1 Å². The van der Waals surface area contributed by atoms with E-state index < -0.39 is 0 Å². The van der Waals surface area contributed by atoms with Crippen LogP contribution < -0.4 is 0 Å². The number of likely N-dealkylation sites (N-methyl/N-ethyl adjacent to an activating group) is 1. The van der Waals surface area contributed by atoms with Crippen molar-refractivity contribution in [1.82, 2.24) is 19.2 Å². The van der Waals surface area contributed by atoms with E-state index in [4.69, 9.17) is 0 Å². The Bertz CT molecular complexity index is 543. The molecule has 2 aromatic rings. The van der Waals surface area contributed by atoms with E-state index in [0.29, 0.717) is 0 Å². The van der Waals surface area contributed by atoms with Crippen LogP contribution in [0.25, 0.3) is 5.52 Å². The molecular formula is C13H17BrN4. The Hall–Kier alpha value is -0.910. The minimum atomic E-state index is 0.921. The van der Waals surface area contributed by atoms with Crippen molar-refractivity contribution in [3.63, 3.8) is 0 Å². The van der Waals surface area contributed by atoms with Crippen molar-refractivity contribution in [2.24, 2.45) is 0 Å². The van der Waals surface area contributed by atoms with Gasteiger partial charge in [-0.2, -0.15) is 0 Å². The number of rotatable bonds is 2. The molecule has 0 bridgehead atoms. The van der Waals surface area contributed by atoms with Crippen LogP contribution >= 0.6 is 15.9 Å². The van der Waals surface area contributed by atoms with Crippen LogP contribution in [0.1, 0.15) is 5.82 Å². The smallest absolute Gasteiger partial charge is 0.132 e. The van der Waals surface area contributed by atoms with Crippen LogP contribution in [0.4, 0.5) is 0 Å². The molecule has 1 aliphatic rings. The van der Waals surface area contributed by atoms with Crippen molar-refractivity contribution in [3.8, 4) is 0 Å². The molecule has 1 aliphatic heterocycles. The summed E-state index contributed by atoms with van der Waals surface area (Å²) in [4.78, 5) is 9.46. The lowest BCUT2D eigenvalue weighted by atomic mass is 10.3. The zero-order valence-corrected chi connectivity index (χ0v) is 12.1. The molecule has 2 aromatic heterocycles. The van der Waals surface area contributed by atoms with Crippen molar-refractivity contribution >= 4 is 21.4 Å². The Balaban J connectivity index is 1.82. The summed E-state index contributed by atoms with van der Waals surface area (Å²) >= 11 is 3.53. The van der Waals surface area contributed by atoms with Gasteiger partial charge in [0, 0.05) is 32.4 Å². The zero-order valence-electron chi connectivity index (χ0n) is 10.5. The minimum absolute atomic E-state index is 0.921. The molecule has 96 valence electrons. The van der Waals surface area contributed by atoms with Gasteiger partial charge in [0.05, 0.1) is 12.1 Å². The maximum Gasteiger partial charge on any atom is 0.132 e. The summed E-state index contributed by atoms with van der Waals surface area (Å²) < 4.78 is 3.11. The molecule has 3 rings (SSSR count). The number of nitrogens with zero attached hydrogens (tertiary/aromatic N) is 4. The fourth-order valence-electron chi connectivity index (χ4n) is 2.38. The molecule has 0 radical (unpaired) electrons. The summed E-state index contributed by atoms with van der Waals surface area (Å²) in [6, 6.07) is 6.18. The fraction of sp³-hybridized carbons (Fsp3) is 0.462. The minimum Gasteiger partial charge on any atom is -0.304 e. The molecule has 18 heavy (non-hydrogen) atoms. The maximum absolute atomic E-state index is 4.63. The first-order chi connectivity index (χ1) is 8.74. The standard InChI is InChI=1S/C13H17BrN4/c1-16-6-8-17(9-7-16)10-12-15-13(14)11-4-2-3-5-18(11)12/h2-5H,6-10H2,1H3. The van der Waals surface area contributed by atoms with Crippen LogP contribution in [-0.2, 0) is 6.54 Å². The normalized spacial score (nSPS) is 18.6. The van der Waals surface area contributed by atoms with E-state index >= 15 is 0 Å². The lowest BCUT2D eigenvalue weighted by molar-refractivity contribution is 0.145. The average Bonchev–Trinajstić information content (AvgIpc) is 2.70. The Morgan fingerprint density at radius 1 is 1.22 bits per heavy atom. The van der Waals surface area contributed by atoms with Crippen LogP contribution in [0, 0.1) is 0 Å². The first-order valence-electron chi connectivity index (χ1n) is 6.26. The van der Waals surface area contributed by atoms with E-state index in [1.807, 2.05) is 6.07 Å². The van der Waals surface area contributed by atoms with E-state index in [1.54, 1.807) is 0 Å². The monoisotopic (exact) mass is 308 g/mol. The van der Waals surface area contributed by atoms with E-state index in [0.717, 1.165) is 48.7 Å². The Morgan fingerprint density at radius 3 is 2.78 bits per heavy atom. The molecule has 5 heteroatoms. The van der Waals surface area contributed by atoms with E-state index in [2.05, 4.69) is 60.5 Å².